The summed E-state index contributed by atoms with van der Waals surface area (Å²) in [4.78, 5) is 2.21. The Labute approximate surface area is 157 Å². The lowest BCUT2D eigenvalue weighted by molar-refractivity contribution is -0.0498. The Bertz CT molecular complexity index is 476. The molecule has 4 nitrogen and oxygen atoms in total. The highest BCUT2D eigenvalue weighted by Crippen LogP contribution is 2.43. The minimum atomic E-state index is -0.555. The van der Waals surface area contributed by atoms with Crippen LogP contribution in [0.5, 0.6) is 0 Å². The quantitative estimate of drug-likeness (QED) is 0.381. The number of rotatable bonds is 6. The van der Waals surface area contributed by atoms with Crippen molar-refractivity contribution in [3.05, 3.63) is 11.6 Å². The van der Waals surface area contributed by atoms with Crippen molar-refractivity contribution in [2.24, 2.45) is 11.8 Å². The van der Waals surface area contributed by atoms with Gasteiger partial charge in [-0.25, -0.2) is 0 Å². The van der Waals surface area contributed by atoms with Gasteiger partial charge in [-0.1, -0.05) is 24.5 Å². The number of aliphatic hydroxyl groups is 2. The van der Waals surface area contributed by atoms with E-state index in [-0.39, 0.29) is 10.9 Å². The molecule has 2 aliphatic carbocycles. The first-order chi connectivity index (χ1) is 11.9. The lowest BCUT2D eigenvalue weighted by Crippen LogP contribution is -2.53. The van der Waals surface area contributed by atoms with Crippen molar-refractivity contribution in [1.82, 2.24) is 10.2 Å². The van der Waals surface area contributed by atoms with Gasteiger partial charge in [0.1, 0.15) is 12.5 Å². The maximum absolute atomic E-state index is 10.7. The SMILES string of the molecule is CC1(C)C(C2=CCC(Cl)CC2)CCN1C(O)CNC(O)C1CCCC1. The maximum Gasteiger partial charge on any atom is 0.120 e. The second-order valence-corrected chi connectivity index (χ2v) is 9.33. The predicted octanol–water partition coefficient (Wildman–Crippen LogP) is 3.22. The number of hydrogen-bond acceptors (Lipinski definition) is 4. The third-order valence-electron chi connectivity index (χ3n) is 6.80. The van der Waals surface area contributed by atoms with Crippen LogP contribution in [0, 0.1) is 11.8 Å². The smallest absolute Gasteiger partial charge is 0.120 e. The highest BCUT2D eigenvalue weighted by atomic mass is 35.5. The molecule has 1 aliphatic heterocycles. The standard InChI is InChI=1S/C20H35ClN2O2/c1-20(2)17(14-7-9-16(21)10-8-14)11-12-23(20)18(24)13-22-19(25)15-5-3-4-6-15/h7,15-19,22,24-25H,3-6,8-13H2,1-2H3. The molecule has 25 heavy (non-hydrogen) atoms. The van der Waals surface area contributed by atoms with Crippen molar-refractivity contribution in [3.63, 3.8) is 0 Å². The summed E-state index contributed by atoms with van der Waals surface area (Å²) in [5.74, 6) is 0.841. The average Bonchev–Trinajstić information content (AvgIpc) is 3.21. The van der Waals surface area contributed by atoms with E-state index >= 15 is 0 Å². The molecule has 144 valence electrons. The van der Waals surface area contributed by atoms with E-state index in [1.54, 1.807) is 0 Å². The van der Waals surface area contributed by atoms with E-state index in [0.717, 1.165) is 45.1 Å². The van der Waals surface area contributed by atoms with Crippen LogP contribution in [0.4, 0.5) is 0 Å². The van der Waals surface area contributed by atoms with Gasteiger partial charge < -0.3 is 10.2 Å². The average molecular weight is 371 g/mol. The molecule has 0 aromatic rings. The van der Waals surface area contributed by atoms with E-state index in [0.29, 0.717) is 18.4 Å². The molecule has 0 aromatic carbocycles. The molecule has 5 heteroatoms. The van der Waals surface area contributed by atoms with Gasteiger partial charge in [-0.2, -0.15) is 0 Å². The highest BCUT2D eigenvalue weighted by molar-refractivity contribution is 6.20. The zero-order chi connectivity index (χ0) is 18.0. The van der Waals surface area contributed by atoms with Crippen LogP contribution in [-0.2, 0) is 0 Å². The van der Waals surface area contributed by atoms with Gasteiger partial charge in [0.25, 0.3) is 0 Å². The summed E-state index contributed by atoms with van der Waals surface area (Å²) in [7, 11) is 0. The zero-order valence-electron chi connectivity index (χ0n) is 15.8. The molecule has 0 spiro atoms. The first-order valence-corrected chi connectivity index (χ1v) is 10.5. The van der Waals surface area contributed by atoms with Gasteiger partial charge >= 0.3 is 0 Å². The van der Waals surface area contributed by atoms with Crippen molar-refractivity contribution in [2.75, 3.05) is 13.1 Å². The summed E-state index contributed by atoms with van der Waals surface area (Å²) in [5, 5.41) is 24.5. The summed E-state index contributed by atoms with van der Waals surface area (Å²) in [6, 6.07) is 0. The van der Waals surface area contributed by atoms with Gasteiger partial charge in [-0.15, -0.1) is 11.6 Å². The molecule has 4 atom stereocenters. The van der Waals surface area contributed by atoms with Gasteiger partial charge in [0.05, 0.1) is 0 Å². The van der Waals surface area contributed by atoms with Gasteiger partial charge in [0.2, 0.25) is 0 Å². The summed E-state index contributed by atoms with van der Waals surface area (Å²) >= 11 is 6.24. The molecule has 3 N–H and O–H groups in total. The fourth-order valence-electron chi connectivity index (χ4n) is 5.20. The Hall–Kier alpha value is -0.130. The van der Waals surface area contributed by atoms with E-state index in [1.807, 2.05) is 0 Å². The van der Waals surface area contributed by atoms with Crippen molar-refractivity contribution >= 4 is 11.6 Å². The van der Waals surface area contributed by atoms with Crippen molar-refractivity contribution in [2.45, 2.75) is 88.6 Å². The predicted molar refractivity (Wildman–Crippen MR) is 102 cm³/mol. The lowest BCUT2D eigenvalue weighted by Gasteiger charge is -2.41. The van der Waals surface area contributed by atoms with Crippen molar-refractivity contribution in [1.29, 1.82) is 0 Å². The number of hydrogen-bond donors (Lipinski definition) is 3. The van der Waals surface area contributed by atoms with Crippen LogP contribution in [-0.4, -0.2) is 51.6 Å². The molecule has 1 saturated heterocycles. The normalized spacial score (nSPS) is 33.4. The molecule has 2 fully saturated rings. The summed E-state index contributed by atoms with van der Waals surface area (Å²) in [5.41, 5.74) is 1.46. The maximum atomic E-state index is 10.7. The summed E-state index contributed by atoms with van der Waals surface area (Å²) in [6.07, 6.45) is 10.1. The molecule has 0 bridgehead atoms. The van der Waals surface area contributed by atoms with Crippen LogP contribution >= 0.6 is 11.6 Å². The molecular formula is C20H35ClN2O2. The van der Waals surface area contributed by atoms with Crippen LogP contribution in [0.25, 0.3) is 0 Å². The van der Waals surface area contributed by atoms with Gasteiger partial charge in [0, 0.05) is 24.0 Å². The first-order valence-electron chi connectivity index (χ1n) is 10.1. The Morgan fingerprint density at radius 1 is 1.24 bits per heavy atom. The van der Waals surface area contributed by atoms with Crippen LogP contribution in [0.3, 0.4) is 0 Å². The molecule has 0 amide bonds. The minimum absolute atomic E-state index is 0.0651. The monoisotopic (exact) mass is 370 g/mol. The number of likely N-dealkylation sites (tertiary alicyclic amines) is 1. The Morgan fingerprint density at radius 3 is 2.60 bits per heavy atom. The fourth-order valence-corrected chi connectivity index (χ4v) is 5.40. The number of allylic oxidation sites excluding steroid dienone is 1. The number of nitrogens with zero attached hydrogens (tertiary/aromatic N) is 1. The largest absolute Gasteiger partial charge is 0.378 e. The van der Waals surface area contributed by atoms with Crippen LogP contribution in [0.2, 0.25) is 0 Å². The number of aliphatic hydroxyl groups excluding tert-OH is 2. The molecule has 0 aromatic heterocycles. The van der Waals surface area contributed by atoms with E-state index < -0.39 is 12.5 Å². The second kappa shape index (κ2) is 8.26. The highest BCUT2D eigenvalue weighted by Gasteiger charge is 2.45. The fraction of sp³-hybridized carbons (Fsp3) is 0.900. The minimum Gasteiger partial charge on any atom is -0.378 e. The third kappa shape index (κ3) is 4.41. The van der Waals surface area contributed by atoms with Crippen LogP contribution in [0.15, 0.2) is 11.6 Å². The topological polar surface area (TPSA) is 55.7 Å². The van der Waals surface area contributed by atoms with E-state index in [2.05, 4.69) is 30.1 Å². The van der Waals surface area contributed by atoms with E-state index in [9.17, 15) is 10.2 Å². The third-order valence-corrected chi connectivity index (χ3v) is 7.19. The second-order valence-electron chi connectivity index (χ2n) is 8.72. The Morgan fingerprint density at radius 2 is 1.96 bits per heavy atom. The van der Waals surface area contributed by atoms with Gasteiger partial charge in [-0.3, -0.25) is 10.2 Å². The van der Waals surface area contributed by atoms with Crippen LogP contribution < -0.4 is 5.32 Å². The lowest BCUT2D eigenvalue weighted by atomic mass is 9.78. The number of alkyl halides is 1. The Balaban J connectivity index is 1.55. The molecule has 4 unspecified atom stereocenters. The van der Waals surface area contributed by atoms with E-state index in [1.165, 1.54) is 18.4 Å². The molecule has 1 heterocycles. The van der Waals surface area contributed by atoms with Crippen molar-refractivity contribution < 1.29 is 10.2 Å². The van der Waals surface area contributed by atoms with Crippen molar-refractivity contribution in [3.8, 4) is 0 Å². The molecular weight excluding hydrogens is 336 g/mol. The molecule has 3 rings (SSSR count). The summed E-state index contributed by atoms with van der Waals surface area (Å²) < 4.78 is 0. The Kier molecular flexibility index (Phi) is 6.49. The molecule has 1 saturated carbocycles. The van der Waals surface area contributed by atoms with E-state index in [4.69, 9.17) is 11.6 Å². The zero-order valence-corrected chi connectivity index (χ0v) is 16.5. The molecule has 0 radical (unpaired) electrons. The summed E-state index contributed by atoms with van der Waals surface area (Å²) in [6.45, 7) is 5.82. The van der Waals surface area contributed by atoms with Gasteiger partial charge in [-0.05, 0) is 64.2 Å². The number of nitrogens with one attached hydrogen (secondary N) is 1. The number of halogens is 1. The molecule has 3 aliphatic rings. The van der Waals surface area contributed by atoms with Crippen LogP contribution in [0.1, 0.15) is 65.2 Å². The first kappa shape index (κ1) is 19.6. The van der Waals surface area contributed by atoms with Gasteiger partial charge in [0.15, 0.2) is 0 Å².